The molecule has 0 bridgehead atoms. The van der Waals surface area contributed by atoms with E-state index in [9.17, 15) is 4.79 Å². The molecule has 136 valence electrons. The van der Waals surface area contributed by atoms with Crippen LogP contribution < -0.4 is 5.32 Å². The molecule has 0 spiro atoms. The van der Waals surface area contributed by atoms with Crippen molar-refractivity contribution < 1.29 is 4.79 Å². The molecule has 1 N–H and O–H groups in total. The van der Waals surface area contributed by atoms with Crippen LogP contribution in [0.4, 0.5) is 5.95 Å². The van der Waals surface area contributed by atoms with Crippen molar-refractivity contribution >= 4 is 11.9 Å². The van der Waals surface area contributed by atoms with Crippen molar-refractivity contribution in [1.29, 1.82) is 0 Å². The Kier molecular flexibility index (Phi) is 4.83. The molecule has 1 aliphatic rings. The number of anilines is 1. The lowest BCUT2D eigenvalue weighted by atomic mass is 10.00. The fourth-order valence-electron chi connectivity index (χ4n) is 3.40. The minimum Gasteiger partial charge on any atom is -0.348 e. The van der Waals surface area contributed by atoms with Crippen LogP contribution >= 0.6 is 0 Å². The molecule has 0 radical (unpaired) electrons. The summed E-state index contributed by atoms with van der Waals surface area (Å²) in [4.78, 5) is 23.5. The van der Waals surface area contributed by atoms with E-state index in [4.69, 9.17) is 0 Å². The Bertz CT molecular complexity index is 942. The maximum absolute atomic E-state index is 12.9. The van der Waals surface area contributed by atoms with E-state index < -0.39 is 0 Å². The normalized spacial score (nSPS) is 14.3. The highest BCUT2D eigenvalue weighted by Gasteiger charge is 2.22. The standard InChI is InChI=1S/C22H22N4O/c1-16(17-7-3-2-4-8-17)24-22-23-13-11-20(25-22)21(27)26-14-12-18-9-5-6-10-19(18)15-26/h2-11,13,16H,12,14-15H2,1H3,(H,23,24,25). The summed E-state index contributed by atoms with van der Waals surface area (Å²) in [5.41, 5.74) is 4.10. The largest absolute Gasteiger partial charge is 0.348 e. The molecule has 0 saturated heterocycles. The van der Waals surface area contributed by atoms with Crippen molar-refractivity contribution in [3.05, 3.63) is 89.2 Å². The summed E-state index contributed by atoms with van der Waals surface area (Å²) >= 11 is 0. The Labute approximate surface area is 159 Å². The first-order chi connectivity index (χ1) is 13.2. The molecular weight excluding hydrogens is 336 g/mol. The molecule has 1 aliphatic heterocycles. The van der Waals surface area contributed by atoms with Gasteiger partial charge in [-0.3, -0.25) is 4.79 Å². The van der Waals surface area contributed by atoms with Crippen molar-refractivity contribution in [2.75, 3.05) is 11.9 Å². The van der Waals surface area contributed by atoms with Gasteiger partial charge >= 0.3 is 0 Å². The molecule has 4 rings (SSSR count). The Hall–Kier alpha value is -3.21. The molecule has 0 saturated carbocycles. The number of amides is 1. The van der Waals surface area contributed by atoms with Gasteiger partial charge in [0.25, 0.3) is 5.91 Å². The molecule has 3 aromatic rings. The topological polar surface area (TPSA) is 58.1 Å². The van der Waals surface area contributed by atoms with Gasteiger partial charge < -0.3 is 10.2 Å². The Balaban J connectivity index is 1.48. The molecule has 1 atom stereocenters. The summed E-state index contributed by atoms with van der Waals surface area (Å²) in [6.45, 7) is 3.39. The van der Waals surface area contributed by atoms with E-state index in [1.54, 1.807) is 12.3 Å². The second kappa shape index (κ2) is 7.58. The van der Waals surface area contributed by atoms with Crippen LogP contribution in [0, 0.1) is 0 Å². The fraction of sp³-hybridized carbons (Fsp3) is 0.227. The van der Waals surface area contributed by atoms with Gasteiger partial charge in [0.2, 0.25) is 5.95 Å². The highest BCUT2D eigenvalue weighted by Crippen LogP contribution is 2.21. The van der Waals surface area contributed by atoms with E-state index in [2.05, 4.69) is 46.5 Å². The van der Waals surface area contributed by atoms with E-state index in [1.165, 1.54) is 11.1 Å². The number of rotatable bonds is 4. The Morgan fingerprint density at radius 1 is 1.04 bits per heavy atom. The lowest BCUT2D eigenvalue weighted by Gasteiger charge is -2.28. The van der Waals surface area contributed by atoms with E-state index in [1.807, 2.05) is 35.2 Å². The molecule has 27 heavy (non-hydrogen) atoms. The maximum Gasteiger partial charge on any atom is 0.272 e. The van der Waals surface area contributed by atoms with Crippen molar-refractivity contribution in [3.63, 3.8) is 0 Å². The van der Waals surface area contributed by atoms with Gasteiger partial charge in [-0.25, -0.2) is 9.97 Å². The van der Waals surface area contributed by atoms with Gasteiger partial charge in [-0.05, 0) is 36.1 Å². The summed E-state index contributed by atoms with van der Waals surface area (Å²) in [7, 11) is 0. The van der Waals surface area contributed by atoms with E-state index in [-0.39, 0.29) is 11.9 Å². The Morgan fingerprint density at radius 2 is 1.78 bits per heavy atom. The third-order valence-electron chi connectivity index (χ3n) is 4.94. The second-order valence-electron chi connectivity index (χ2n) is 6.79. The minimum atomic E-state index is -0.0534. The SMILES string of the molecule is CC(Nc1nccc(C(=O)N2CCc3ccccc3C2)n1)c1ccccc1. The van der Waals surface area contributed by atoms with Gasteiger partial charge in [-0.2, -0.15) is 0 Å². The van der Waals surface area contributed by atoms with Crippen LogP contribution in [0.25, 0.3) is 0 Å². The van der Waals surface area contributed by atoms with Gasteiger partial charge in [0, 0.05) is 19.3 Å². The molecule has 2 aromatic carbocycles. The Morgan fingerprint density at radius 3 is 2.59 bits per heavy atom. The van der Waals surface area contributed by atoms with Crippen LogP contribution in [-0.4, -0.2) is 27.3 Å². The summed E-state index contributed by atoms with van der Waals surface area (Å²) in [5, 5.41) is 3.28. The summed E-state index contributed by atoms with van der Waals surface area (Å²) in [6, 6.07) is 20.1. The number of hydrogen-bond donors (Lipinski definition) is 1. The molecular formula is C22H22N4O. The molecule has 1 amide bonds. The monoisotopic (exact) mass is 358 g/mol. The third kappa shape index (κ3) is 3.82. The second-order valence-corrected chi connectivity index (χ2v) is 6.79. The van der Waals surface area contributed by atoms with Crippen molar-refractivity contribution in [3.8, 4) is 0 Å². The average Bonchev–Trinajstić information content (AvgIpc) is 2.73. The first-order valence-electron chi connectivity index (χ1n) is 9.21. The number of nitrogens with one attached hydrogen (secondary N) is 1. The lowest BCUT2D eigenvalue weighted by Crippen LogP contribution is -2.36. The number of benzene rings is 2. The summed E-state index contributed by atoms with van der Waals surface area (Å²) < 4.78 is 0. The van der Waals surface area contributed by atoms with Gasteiger partial charge in [0.15, 0.2) is 0 Å². The highest BCUT2D eigenvalue weighted by atomic mass is 16.2. The molecule has 1 aromatic heterocycles. The number of carbonyl (C=O) groups is 1. The van der Waals surface area contributed by atoms with Gasteiger partial charge in [0.1, 0.15) is 5.69 Å². The van der Waals surface area contributed by atoms with Crippen LogP contribution in [-0.2, 0) is 13.0 Å². The average molecular weight is 358 g/mol. The first kappa shape index (κ1) is 17.2. The summed E-state index contributed by atoms with van der Waals surface area (Å²) in [6.07, 6.45) is 2.52. The maximum atomic E-state index is 12.9. The number of fused-ring (bicyclic) bond motifs is 1. The zero-order valence-electron chi connectivity index (χ0n) is 15.3. The number of nitrogens with zero attached hydrogens (tertiary/aromatic N) is 3. The molecule has 0 fully saturated rings. The van der Waals surface area contributed by atoms with Gasteiger partial charge in [-0.15, -0.1) is 0 Å². The van der Waals surface area contributed by atoms with Crippen molar-refractivity contribution in [1.82, 2.24) is 14.9 Å². The minimum absolute atomic E-state index is 0.0534. The number of hydrogen-bond acceptors (Lipinski definition) is 4. The van der Waals surface area contributed by atoms with Crippen LogP contribution in [0.5, 0.6) is 0 Å². The molecule has 2 heterocycles. The molecule has 5 heteroatoms. The van der Waals surface area contributed by atoms with E-state index in [0.717, 1.165) is 12.0 Å². The zero-order chi connectivity index (χ0) is 18.6. The van der Waals surface area contributed by atoms with Crippen molar-refractivity contribution in [2.45, 2.75) is 25.9 Å². The first-order valence-corrected chi connectivity index (χ1v) is 9.21. The smallest absolute Gasteiger partial charge is 0.272 e. The fourth-order valence-corrected chi connectivity index (χ4v) is 3.40. The van der Waals surface area contributed by atoms with Crippen molar-refractivity contribution in [2.24, 2.45) is 0 Å². The predicted octanol–water partition coefficient (Wildman–Crippen LogP) is 3.85. The predicted molar refractivity (Wildman–Crippen MR) is 105 cm³/mol. The quantitative estimate of drug-likeness (QED) is 0.770. The van der Waals surface area contributed by atoms with E-state index >= 15 is 0 Å². The van der Waals surface area contributed by atoms with Crippen LogP contribution in [0.2, 0.25) is 0 Å². The zero-order valence-corrected chi connectivity index (χ0v) is 15.3. The molecule has 0 aliphatic carbocycles. The third-order valence-corrected chi connectivity index (χ3v) is 4.94. The molecule has 5 nitrogen and oxygen atoms in total. The van der Waals surface area contributed by atoms with Crippen LogP contribution in [0.15, 0.2) is 66.9 Å². The van der Waals surface area contributed by atoms with Crippen LogP contribution in [0.3, 0.4) is 0 Å². The molecule has 1 unspecified atom stereocenters. The summed E-state index contributed by atoms with van der Waals surface area (Å²) in [5.74, 6) is 0.414. The van der Waals surface area contributed by atoms with Gasteiger partial charge in [-0.1, -0.05) is 54.6 Å². The van der Waals surface area contributed by atoms with Crippen LogP contribution in [0.1, 0.15) is 40.1 Å². The highest BCUT2D eigenvalue weighted by molar-refractivity contribution is 5.92. The van der Waals surface area contributed by atoms with E-state index in [0.29, 0.717) is 24.7 Å². The lowest BCUT2D eigenvalue weighted by molar-refractivity contribution is 0.0728. The number of aromatic nitrogens is 2. The number of carbonyl (C=O) groups excluding carboxylic acids is 1. The van der Waals surface area contributed by atoms with Gasteiger partial charge in [0.05, 0.1) is 6.04 Å².